The minimum Gasteiger partial charge on any atom is -0.382 e. The lowest BCUT2D eigenvalue weighted by atomic mass is 10.1. The molecule has 0 atom stereocenters. The van der Waals surface area contributed by atoms with E-state index >= 15 is 0 Å². The summed E-state index contributed by atoms with van der Waals surface area (Å²) in [5, 5.41) is 0. The van der Waals surface area contributed by atoms with Gasteiger partial charge in [0.25, 0.3) is 0 Å². The SMILES string of the molecule is CCOCCCOC1CCN(CC(C)C)CC1. The van der Waals surface area contributed by atoms with Crippen molar-refractivity contribution < 1.29 is 9.47 Å². The van der Waals surface area contributed by atoms with Crippen LogP contribution in [0.4, 0.5) is 0 Å². The van der Waals surface area contributed by atoms with Crippen molar-refractivity contribution in [3.63, 3.8) is 0 Å². The van der Waals surface area contributed by atoms with Crippen molar-refractivity contribution >= 4 is 0 Å². The Bertz CT molecular complexity index is 177. The molecule has 1 heterocycles. The van der Waals surface area contributed by atoms with Gasteiger partial charge in [-0.1, -0.05) is 13.8 Å². The van der Waals surface area contributed by atoms with Crippen LogP contribution in [-0.4, -0.2) is 50.5 Å². The molecular weight excluding hydrogens is 214 g/mol. The van der Waals surface area contributed by atoms with Crippen LogP contribution in [-0.2, 0) is 9.47 Å². The highest BCUT2D eigenvalue weighted by Crippen LogP contribution is 2.15. The first kappa shape index (κ1) is 14.9. The molecule has 0 radical (unpaired) electrons. The molecule has 0 spiro atoms. The van der Waals surface area contributed by atoms with Crippen molar-refractivity contribution in [2.75, 3.05) is 39.5 Å². The van der Waals surface area contributed by atoms with Crippen LogP contribution in [0.15, 0.2) is 0 Å². The van der Waals surface area contributed by atoms with Crippen molar-refractivity contribution in [2.45, 2.75) is 46.1 Å². The van der Waals surface area contributed by atoms with E-state index in [2.05, 4.69) is 18.7 Å². The van der Waals surface area contributed by atoms with Gasteiger partial charge in [-0.05, 0) is 32.1 Å². The van der Waals surface area contributed by atoms with Crippen molar-refractivity contribution in [1.82, 2.24) is 4.90 Å². The number of likely N-dealkylation sites (tertiary alicyclic amines) is 1. The van der Waals surface area contributed by atoms with Crippen LogP contribution in [0.1, 0.15) is 40.0 Å². The second-order valence-corrected chi connectivity index (χ2v) is 5.32. The first-order chi connectivity index (χ1) is 8.22. The maximum Gasteiger partial charge on any atom is 0.0599 e. The summed E-state index contributed by atoms with van der Waals surface area (Å²) in [5.41, 5.74) is 0. The Hall–Kier alpha value is -0.120. The number of ether oxygens (including phenoxy) is 2. The zero-order chi connectivity index (χ0) is 12.5. The monoisotopic (exact) mass is 243 g/mol. The van der Waals surface area contributed by atoms with Gasteiger partial charge >= 0.3 is 0 Å². The van der Waals surface area contributed by atoms with Gasteiger partial charge in [-0.15, -0.1) is 0 Å². The Morgan fingerprint density at radius 2 is 1.88 bits per heavy atom. The lowest BCUT2D eigenvalue weighted by molar-refractivity contribution is -0.00372. The van der Waals surface area contributed by atoms with E-state index in [9.17, 15) is 0 Å². The second-order valence-electron chi connectivity index (χ2n) is 5.32. The van der Waals surface area contributed by atoms with E-state index in [0.29, 0.717) is 6.10 Å². The zero-order valence-electron chi connectivity index (χ0n) is 11.8. The quantitative estimate of drug-likeness (QED) is 0.612. The highest BCUT2D eigenvalue weighted by atomic mass is 16.5. The molecule has 0 unspecified atom stereocenters. The minimum absolute atomic E-state index is 0.486. The van der Waals surface area contributed by atoms with Crippen LogP contribution in [0, 0.1) is 5.92 Å². The summed E-state index contributed by atoms with van der Waals surface area (Å²) in [4.78, 5) is 2.56. The van der Waals surface area contributed by atoms with Crippen LogP contribution in [0.2, 0.25) is 0 Å². The third kappa shape index (κ3) is 7.02. The molecule has 1 aliphatic rings. The molecule has 0 saturated carbocycles. The van der Waals surface area contributed by atoms with E-state index in [1.54, 1.807) is 0 Å². The van der Waals surface area contributed by atoms with Gasteiger partial charge in [-0.2, -0.15) is 0 Å². The fraction of sp³-hybridized carbons (Fsp3) is 1.00. The van der Waals surface area contributed by atoms with E-state index in [-0.39, 0.29) is 0 Å². The summed E-state index contributed by atoms with van der Waals surface area (Å²) < 4.78 is 11.2. The van der Waals surface area contributed by atoms with Crippen LogP contribution in [0.25, 0.3) is 0 Å². The lowest BCUT2D eigenvalue weighted by Gasteiger charge is -2.32. The summed E-state index contributed by atoms with van der Waals surface area (Å²) in [6.07, 6.45) is 3.91. The van der Waals surface area contributed by atoms with Crippen molar-refractivity contribution in [3.8, 4) is 0 Å². The molecule has 0 N–H and O–H groups in total. The van der Waals surface area contributed by atoms with Gasteiger partial charge in [0.1, 0.15) is 0 Å². The fourth-order valence-electron chi connectivity index (χ4n) is 2.33. The average molecular weight is 243 g/mol. The summed E-state index contributed by atoms with van der Waals surface area (Å²) in [5.74, 6) is 0.777. The molecular formula is C14H29NO2. The second kappa shape index (κ2) is 8.90. The molecule has 0 aliphatic carbocycles. The summed E-state index contributed by atoms with van der Waals surface area (Å²) in [7, 11) is 0. The lowest BCUT2D eigenvalue weighted by Crippen LogP contribution is -2.39. The van der Waals surface area contributed by atoms with E-state index in [0.717, 1.165) is 32.2 Å². The van der Waals surface area contributed by atoms with Gasteiger partial charge in [0.05, 0.1) is 6.10 Å². The first-order valence-corrected chi connectivity index (χ1v) is 7.14. The predicted octanol–water partition coefficient (Wildman–Crippen LogP) is 2.55. The van der Waals surface area contributed by atoms with Crippen molar-refractivity contribution in [2.24, 2.45) is 5.92 Å². The molecule has 0 aromatic rings. The highest BCUT2D eigenvalue weighted by molar-refractivity contribution is 4.73. The molecule has 1 fully saturated rings. The zero-order valence-corrected chi connectivity index (χ0v) is 11.8. The van der Waals surface area contributed by atoms with E-state index < -0.39 is 0 Å². The molecule has 3 heteroatoms. The normalized spacial score (nSPS) is 19.1. The summed E-state index contributed by atoms with van der Waals surface area (Å²) in [6, 6.07) is 0. The highest BCUT2D eigenvalue weighted by Gasteiger charge is 2.19. The van der Waals surface area contributed by atoms with Gasteiger partial charge in [0.15, 0.2) is 0 Å². The summed E-state index contributed by atoms with van der Waals surface area (Å²) >= 11 is 0. The van der Waals surface area contributed by atoms with Gasteiger partial charge < -0.3 is 14.4 Å². The molecule has 1 saturated heterocycles. The van der Waals surface area contributed by atoms with Gasteiger partial charge in [0.2, 0.25) is 0 Å². The maximum atomic E-state index is 5.88. The third-order valence-corrected chi connectivity index (χ3v) is 3.15. The number of hydrogen-bond donors (Lipinski definition) is 0. The van der Waals surface area contributed by atoms with E-state index in [1.807, 2.05) is 6.92 Å². The molecule has 0 bridgehead atoms. The Labute approximate surface area is 106 Å². The molecule has 1 rings (SSSR count). The predicted molar refractivity (Wildman–Crippen MR) is 71.4 cm³/mol. The van der Waals surface area contributed by atoms with E-state index in [1.165, 1.54) is 32.5 Å². The van der Waals surface area contributed by atoms with Crippen LogP contribution >= 0.6 is 0 Å². The molecule has 3 nitrogen and oxygen atoms in total. The largest absolute Gasteiger partial charge is 0.382 e. The number of piperidine rings is 1. The Morgan fingerprint density at radius 3 is 2.47 bits per heavy atom. The van der Waals surface area contributed by atoms with Gasteiger partial charge in [-0.3, -0.25) is 0 Å². The number of rotatable bonds is 8. The smallest absolute Gasteiger partial charge is 0.0599 e. The molecule has 0 aromatic heterocycles. The van der Waals surface area contributed by atoms with Gasteiger partial charge in [-0.25, -0.2) is 0 Å². The molecule has 0 aromatic carbocycles. The molecule has 0 amide bonds. The first-order valence-electron chi connectivity index (χ1n) is 7.14. The molecule has 1 aliphatic heterocycles. The van der Waals surface area contributed by atoms with Crippen molar-refractivity contribution in [1.29, 1.82) is 0 Å². The molecule has 17 heavy (non-hydrogen) atoms. The van der Waals surface area contributed by atoms with Crippen molar-refractivity contribution in [3.05, 3.63) is 0 Å². The number of hydrogen-bond acceptors (Lipinski definition) is 3. The Morgan fingerprint density at radius 1 is 1.18 bits per heavy atom. The number of nitrogens with zero attached hydrogens (tertiary/aromatic N) is 1. The average Bonchev–Trinajstić information content (AvgIpc) is 2.30. The van der Waals surface area contributed by atoms with Gasteiger partial charge in [0, 0.05) is 39.5 Å². The van der Waals surface area contributed by atoms with Crippen LogP contribution in [0.3, 0.4) is 0 Å². The standard InChI is InChI=1S/C14H29NO2/c1-4-16-10-5-11-17-14-6-8-15(9-7-14)12-13(2)3/h13-14H,4-12H2,1-3H3. The van der Waals surface area contributed by atoms with Crippen LogP contribution in [0.5, 0.6) is 0 Å². The third-order valence-electron chi connectivity index (χ3n) is 3.15. The topological polar surface area (TPSA) is 21.7 Å². The molecule has 102 valence electrons. The fourth-order valence-corrected chi connectivity index (χ4v) is 2.33. The maximum absolute atomic E-state index is 5.88. The Balaban J connectivity index is 1.99. The van der Waals surface area contributed by atoms with Crippen LogP contribution < -0.4 is 0 Å². The van der Waals surface area contributed by atoms with E-state index in [4.69, 9.17) is 9.47 Å². The minimum atomic E-state index is 0.486. The Kier molecular flexibility index (Phi) is 7.82. The summed E-state index contributed by atoms with van der Waals surface area (Å²) in [6.45, 7) is 12.8.